The van der Waals surface area contributed by atoms with Crippen molar-refractivity contribution in [3.8, 4) is 0 Å². The second kappa shape index (κ2) is 5.15. The summed E-state index contributed by atoms with van der Waals surface area (Å²) >= 11 is 0. The summed E-state index contributed by atoms with van der Waals surface area (Å²) in [5.41, 5.74) is 2.42. The van der Waals surface area contributed by atoms with Gasteiger partial charge in [-0.2, -0.15) is 5.10 Å². The molecule has 1 aromatic rings. The first-order valence-corrected chi connectivity index (χ1v) is 5.48. The van der Waals surface area contributed by atoms with Crippen LogP contribution < -0.4 is 5.43 Å². The number of aryl methyl sites for hydroxylation is 1. The molecule has 2 rings (SSSR count). The number of carboxylic acids is 1. The number of nitrogens with zero attached hydrogens (tertiary/aromatic N) is 3. The number of hydrogen-bond donors (Lipinski definition) is 2. The third-order valence-electron chi connectivity index (χ3n) is 2.55. The summed E-state index contributed by atoms with van der Waals surface area (Å²) in [4.78, 5) is 22.9. The van der Waals surface area contributed by atoms with Crippen LogP contribution in [0.5, 0.6) is 0 Å². The van der Waals surface area contributed by atoms with E-state index in [0.717, 1.165) is 0 Å². The number of amides is 1. The molecule has 0 unspecified atom stereocenters. The summed E-state index contributed by atoms with van der Waals surface area (Å²) < 4.78 is 6.45. The molecule has 0 saturated carbocycles. The van der Waals surface area contributed by atoms with Gasteiger partial charge in [-0.05, 0) is 0 Å². The predicted octanol–water partition coefficient (Wildman–Crippen LogP) is -0.905. The van der Waals surface area contributed by atoms with E-state index < -0.39 is 11.9 Å². The lowest BCUT2D eigenvalue weighted by Crippen LogP contribution is -2.48. The normalized spacial score (nSPS) is 16.5. The zero-order valence-electron chi connectivity index (χ0n) is 9.92. The van der Waals surface area contributed by atoms with Crippen molar-refractivity contribution in [3.05, 3.63) is 17.5 Å². The van der Waals surface area contributed by atoms with Gasteiger partial charge in [0, 0.05) is 26.3 Å². The molecule has 1 aliphatic heterocycles. The molecule has 0 atom stereocenters. The van der Waals surface area contributed by atoms with Gasteiger partial charge in [0.15, 0.2) is 5.69 Å². The van der Waals surface area contributed by atoms with Crippen LogP contribution in [0.3, 0.4) is 0 Å². The summed E-state index contributed by atoms with van der Waals surface area (Å²) in [7, 11) is 1.57. The zero-order chi connectivity index (χ0) is 13.1. The number of hydrogen-bond acceptors (Lipinski definition) is 5. The van der Waals surface area contributed by atoms with E-state index in [0.29, 0.717) is 26.3 Å². The van der Waals surface area contributed by atoms with Crippen LogP contribution in [0.25, 0.3) is 0 Å². The quantitative estimate of drug-likeness (QED) is 0.725. The van der Waals surface area contributed by atoms with Gasteiger partial charge in [0.25, 0.3) is 5.91 Å². The van der Waals surface area contributed by atoms with Crippen molar-refractivity contribution in [2.75, 3.05) is 26.3 Å². The Morgan fingerprint density at radius 1 is 1.44 bits per heavy atom. The van der Waals surface area contributed by atoms with Crippen LogP contribution in [-0.4, -0.2) is 58.1 Å². The van der Waals surface area contributed by atoms with E-state index in [1.807, 2.05) is 0 Å². The monoisotopic (exact) mass is 254 g/mol. The van der Waals surface area contributed by atoms with E-state index >= 15 is 0 Å². The fourth-order valence-electron chi connectivity index (χ4n) is 1.68. The molecule has 1 fully saturated rings. The highest BCUT2D eigenvalue weighted by atomic mass is 16.5. The minimum absolute atomic E-state index is 0.0866. The first-order chi connectivity index (χ1) is 8.58. The summed E-state index contributed by atoms with van der Waals surface area (Å²) in [6, 6.07) is 0. The Balaban J connectivity index is 2.10. The summed E-state index contributed by atoms with van der Waals surface area (Å²) in [5.74, 6) is -1.69. The zero-order valence-corrected chi connectivity index (χ0v) is 9.92. The van der Waals surface area contributed by atoms with Gasteiger partial charge in [0.05, 0.1) is 13.2 Å². The average molecular weight is 254 g/mol. The molecule has 2 heterocycles. The number of ether oxygens (including phenoxy) is 1. The van der Waals surface area contributed by atoms with Crippen LogP contribution in [0.15, 0.2) is 6.20 Å². The van der Waals surface area contributed by atoms with Gasteiger partial charge in [-0.25, -0.2) is 9.80 Å². The van der Waals surface area contributed by atoms with Gasteiger partial charge in [0.1, 0.15) is 5.56 Å². The summed E-state index contributed by atoms with van der Waals surface area (Å²) in [6.07, 6.45) is 1.30. The van der Waals surface area contributed by atoms with Crippen molar-refractivity contribution in [2.24, 2.45) is 7.05 Å². The second-order valence-electron chi connectivity index (χ2n) is 3.91. The van der Waals surface area contributed by atoms with Gasteiger partial charge >= 0.3 is 5.97 Å². The number of nitrogens with one attached hydrogen (secondary N) is 1. The highest BCUT2D eigenvalue weighted by Gasteiger charge is 2.23. The Labute approximate surface area is 103 Å². The first kappa shape index (κ1) is 12.5. The molecule has 1 amide bonds. The van der Waals surface area contributed by atoms with Crippen LogP contribution >= 0.6 is 0 Å². The predicted molar refractivity (Wildman–Crippen MR) is 60.0 cm³/mol. The molecule has 1 aliphatic rings. The van der Waals surface area contributed by atoms with Gasteiger partial charge in [-0.1, -0.05) is 0 Å². The van der Waals surface area contributed by atoms with Crippen LogP contribution in [0.2, 0.25) is 0 Å². The molecule has 1 aromatic heterocycles. The summed E-state index contributed by atoms with van der Waals surface area (Å²) in [6.45, 7) is 2.21. The minimum Gasteiger partial charge on any atom is -0.478 e. The topological polar surface area (TPSA) is 96.7 Å². The standard InChI is InChI=1S/C10H14N4O4/c1-13-6-7(10(16)17)8(11-13)9(15)12-14-2-4-18-5-3-14/h6H,2-5H2,1H3,(H,12,15)(H,16,17). The van der Waals surface area contributed by atoms with Crippen molar-refractivity contribution in [2.45, 2.75) is 0 Å². The number of aromatic carboxylic acids is 1. The van der Waals surface area contributed by atoms with Gasteiger partial charge < -0.3 is 9.84 Å². The Hall–Kier alpha value is -1.93. The Bertz CT molecular complexity index is 464. The number of rotatable bonds is 3. The van der Waals surface area contributed by atoms with Crippen molar-refractivity contribution >= 4 is 11.9 Å². The Kier molecular flexibility index (Phi) is 3.58. The molecule has 0 aromatic carbocycles. The number of hydrazine groups is 1. The van der Waals surface area contributed by atoms with Crippen LogP contribution in [0.4, 0.5) is 0 Å². The molecule has 0 spiro atoms. The maximum absolute atomic E-state index is 11.9. The first-order valence-electron chi connectivity index (χ1n) is 5.48. The van der Waals surface area contributed by atoms with Crippen LogP contribution in [-0.2, 0) is 11.8 Å². The fourth-order valence-corrected chi connectivity index (χ4v) is 1.68. The molecule has 0 radical (unpaired) electrons. The highest BCUT2D eigenvalue weighted by molar-refractivity contribution is 6.03. The van der Waals surface area contributed by atoms with Crippen molar-refractivity contribution in [1.82, 2.24) is 20.2 Å². The lowest BCUT2D eigenvalue weighted by atomic mass is 10.2. The van der Waals surface area contributed by atoms with Crippen LogP contribution in [0, 0.1) is 0 Å². The van der Waals surface area contributed by atoms with E-state index in [1.165, 1.54) is 10.9 Å². The lowest BCUT2D eigenvalue weighted by Gasteiger charge is -2.26. The number of aromatic nitrogens is 2. The largest absolute Gasteiger partial charge is 0.478 e. The maximum atomic E-state index is 11.9. The molecule has 8 heteroatoms. The molecule has 1 saturated heterocycles. The maximum Gasteiger partial charge on any atom is 0.339 e. The smallest absolute Gasteiger partial charge is 0.339 e. The minimum atomic E-state index is -1.17. The van der Waals surface area contributed by atoms with Crippen LogP contribution in [0.1, 0.15) is 20.8 Å². The van der Waals surface area contributed by atoms with Crippen molar-refractivity contribution in [1.29, 1.82) is 0 Å². The fraction of sp³-hybridized carbons (Fsp3) is 0.500. The Morgan fingerprint density at radius 2 is 2.11 bits per heavy atom. The third-order valence-corrected chi connectivity index (χ3v) is 2.55. The molecule has 0 aliphatic carbocycles. The van der Waals surface area contributed by atoms with Gasteiger partial charge in [-0.15, -0.1) is 0 Å². The van der Waals surface area contributed by atoms with Crippen molar-refractivity contribution in [3.63, 3.8) is 0 Å². The lowest BCUT2D eigenvalue weighted by molar-refractivity contribution is 0.0123. The van der Waals surface area contributed by atoms with E-state index in [2.05, 4.69) is 10.5 Å². The highest BCUT2D eigenvalue weighted by Crippen LogP contribution is 2.06. The SMILES string of the molecule is Cn1cc(C(=O)O)c(C(=O)NN2CCOCC2)n1. The molecule has 2 N–H and O–H groups in total. The molecule has 18 heavy (non-hydrogen) atoms. The molecule has 8 nitrogen and oxygen atoms in total. The molecular formula is C10H14N4O4. The third kappa shape index (κ3) is 2.66. The molecule has 98 valence electrons. The van der Waals surface area contributed by atoms with E-state index in [4.69, 9.17) is 9.84 Å². The van der Waals surface area contributed by atoms with E-state index in [1.54, 1.807) is 12.1 Å². The molecular weight excluding hydrogens is 240 g/mol. The average Bonchev–Trinajstić information content (AvgIpc) is 2.73. The number of carbonyl (C=O) groups excluding carboxylic acids is 1. The van der Waals surface area contributed by atoms with Crippen molar-refractivity contribution < 1.29 is 19.4 Å². The number of carbonyl (C=O) groups is 2. The number of morpholine rings is 1. The van der Waals surface area contributed by atoms with Gasteiger partial charge in [-0.3, -0.25) is 14.9 Å². The summed E-state index contributed by atoms with van der Waals surface area (Å²) in [5, 5.41) is 14.5. The number of carboxylic acid groups (broad SMARTS) is 1. The van der Waals surface area contributed by atoms with E-state index in [9.17, 15) is 9.59 Å². The van der Waals surface area contributed by atoms with Gasteiger partial charge in [0.2, 0.25) is 0 Å². The Morgan fingerprint density at radius 3 is 2.72 bits per heavy atom. The van der Waals surface area contributed by atoms with E-state index in [-0.39, 0.29) is 11.3 Å². The second-order valence-corrected chi connectivity index (χ2v) is 3.91. The molecule has 0 bridgehead atoms.